The summed E-state index contributed by atoms with van der Waals surface area (Å²) in [6.45, 7) is 6.61. The first-order valence-corrected chi connectivity index (χ1v) is 6.59. The van der Waals surface area contributed by atoms with Crippen LogP contribution in [-0.4, -0.2) is 37.6 Å². The molecule has 0 unspecified atom stereocenters. The predicted molar refractivity (Wildman–Crippen MR) is 64.2 cm³/mol. The number of ketones is 1. The summed E-state index contributed by atoms with van der Waals surface area (Å²) in [6.07, 6.45) is 0.518. The molecule has 3 nitrogen and oxygen atoms in total. The molecule has 0 aromatic carbocycles. The third kappa shape index (κ3) is 2.90. The van der Waals surface area contributed by atoms with Gasteiger partial charge in [0.15, 0.2) is 0 Å². The molecule has 1 aromatic rings. The molecular formula is C12H18NO2S+. The summed E-state index contributed by atoms with van der Waals surface area (Å²) in [7, 11) is 0. The van der Waals surface area contributed by atoms with Crippen molar-refractivity contribution in [1.29, 1.82) is 0 Å². The molecule has 2 heterocycles. The molecular weight excluding hydrogens is 222 g/mol. The SMILES string of the molecule is C[C@H]1C[NH+](CC(=O)c2cccs2)C[C@H](C)O1. The number of hydrogen-bond donors (Lipinski definition) is 1. The number of hydrogen-bond acceptors (Lipinski definition) is 3. The average Bonchev–Trinajstić information content (AvgIpc) is 2.68. The normalized spacial score (nSPS) is 30.2. The number of quaternary nitrogens is 1. The number of Topliss-reactive ketones (excluding diaryl/α,β-unsaturated/α-hetero) is 1. The highest BCUT2D eigenvalue weighted by molar-refractivity contribution is 7.12. The molecule has 1 fully saturated rings. The Balaban J connectivity index is 1.92. The summed E-state index contributed by atoms with van der Waals surface area (Å²) in [5.74, 6) is 0.256. The number of nitrogens with one attached hydrogen (secondary N) is 1. The highest BCUT2D eigenvalue weighted by atomic mass is 32.1. The molecule has 1 aliphatic heterocycles. The third-order valence-corrected chi connectivity index (χ3v) is 3.73. The van der Waals surface area contributed by atoms with Crippen LogP contribution < -0.4 is 4.90 Å². The lowest BCUT2D eigenvalue weighted by Crippen LogP contribution is -3.16. The van der Waals surface area contributed by atoms with E-state index >= 15 is 0 Å². The molecule has 88 valence electrons. The lowest BCUT2D eigenvalue weighted by Gasteiger charge is -2.31. The van der Waals surface area contributed by atoms with Crippen LogP contribution in [0.5, 0.6) is 0 Å². The van der Waals surface area contributed by atoms with Gasteiger partial charge >= 0.3 is 0 Å². The fraction of sp³-hybridized carbons (Fsp3) is 0.583. The Morgan fingerprint density at radius 2 is 2.19 bits per heavy atom. The fourth-order valence-electron chi connectivity index (χ4n) is 2.28. The Kier molecular flexibility index (Phi) is 3.74. The molecule has 1 aromatic heterocycles. The minimum absolute atomic E-state index is 0.256. The molecule has 0 radical (unpaired) electrons. The number of carbonyl (C=O) groups excluding carboxylic acids is 1. The predicted octanol–water partition coefficient (Wildman–Crippen LogP) is 0.623. The lowest BCUT2D eigenvalue weighted by molar-refractivity contribution is -0.906. The van der Waals surface area contributed by atoms with E-state index in [9.17, 15) is 4.79 Å². The quantitative estimate of drug-likeness (QED) is 0.785. The van der Waals surface area contributed by atoms with Gasteiger partial charge in [-0.25, -0.2) is 0 Å². The molecule has 0 saturated carbocycles. The van der Waals surface area contributed by atoms with E-state index in [1.165, 1.54) is 16.2 Å². The zero-order chi connectivity index (χ0) is 11.5. The maximum Gasteiger partial charge on any atom is 0.226 e. The van der Waals surface area contributed by atoms with Gasteiger partial charge in [0.05, 0.1) is 4.88 Å². The van der Waals surface area contributed by atoms with E-state index in [0.717, 1.165) is 18.0 Å². The van der Waals surface area contributed by atoms with Gasteiger partial charge < -0.3 is 9.64 Å². The van der Waals surface area contributed by atoms with Crippen LogP contribution in [0.25, 0.3) is 0 Å². The van der Waals surface area contributed by atoms with E-state index in [-0.39, 0.29) is 18.0 Å². The van der Waals surface area contributed by atoms with Crippen molar-refractivity contribution in [3.05, 3.63) is 22.4 Å². The van der Waals surface area contributed by atoms with Crippen molar-refractivity contribution in [2.45, 2.75) is 26.1 Å². The largest absolute Gasteiger partial charge is 0.364 e. The molecule has 2 atom stereocenters. The molecule has 1 N–H and O–H groups in total. The molecule has 0 amide bonds. The second-order valence-electron chi connectivity index (χ2n) is 4.49. The van der Waals surface area contributed by atoms with Crippen molar-refractivity contribution in [1.82, 2.24) is 0 Å². The summed E-state index contributed by atoms with van der Waals surface area (Å²) in [5.41, 5.74) is 0. The number of ether oxygens (including phenoxy) is 1. The van der Waals surface area contributed by atoms with Crippen molar-refractivity contribution in [3.8, 4) is 0 Å². The van der Waals surface area contributed by atoms with Crippen LogP contribution in [0.4, 0.5) is 0 Å². The van der Waals surface area contributed by atoms with Crippen LogP contribution in [0.2, 0.25) is 0 Å². The maximum absolute atomic E-state index is 11.9. The van der Waals surface area contributed by atoms with E-state index in [1.807, 2.05) is 17.5 Å². The Hall–Kier alpha value is -0.710. The molecule has 2 rings (SSSR count). The monoisotopic (exact) mass is 240 g/mol. The first-order valence-electron chi connectivity index (χ1n) is 5.71. The average molecular weight is 240 g/mol. The van der Waals surface area contributed by atoms with Gasteiger partial charge in [0.2, 0.25) is 5.78 Å². The summed E-state index contributed by atoms with van der Waals surface area (Å²) in [5, 5.41) is 1.95. The molecule has 16 heavy (non-hydrogen) atoms. The zero-order valence-electron chi connectivity index (χ0n) is 9.73. The molecule has 0 bridgehead atoms. The van der Waals surface area contributed by atoms with Crippen LogP contribution in [0, 0.1) is 0 Å². The van der Waals surface area contributed by atoms with Crippen LogP contribution in [0.3, 0.4) is 0 Å². The smallest absolute Gasteiger partial charge is 0.226 e. The zero-order valence-corrected chi connectivity index (χ0v) is 10.5. The van der Waals surface area contributed by atoms with Gasteiger partial charge in [-0.2, -0.15) is 0 Å². The van der Waals surface area contributed by atoms with Crippen LogP contribution >= 0.6 is 11.3 Å². The first kappa shape index (κ1) is 11.8. The van der Waals surface area contributed by atoms with Crippen LogP contribution in [0.1, 0.15) is 23.5 Å². The van der Waals surface area contributed by atoms with Gasteiger partial charge in [0.25, 0.3) is 0 Å². The minimum Gasteiger partial charge on any atom is -0.364 e. The van der Waals surface area contributed by atoms with Crippen molar-refractivity contribution in [2.75, 3.05) is 19.6 Å². The van der Waals surface area contributed by atoms with Crippen LogP contribution in [0.15, 0.2) is 17.5 Å². The van der Waals surface area contributed by atoms with E-state index in [2.05, 4.69) is 13.8 Å². The van der Waals surface area contributed by atoms with Crippen molar-refractivity contribution in [3.63, 3.8) is 0 Å². The Bertz CT molecular complexity index is 340. The van der Waals surface area contributed by atoms with Gasteiger partial charge in [-0.1, -0.05) is 6.07 Å². The standard InChI is InChI=1S/C12H17NO2S/c1-9-6-13(7-10(2)15-9)8-11(14)12-4-3-5-16-12/h3-5,9-10H,6-8H2,1-2H3/p+1/t9-,10-/m0/s1. The van der Waals surface area contributed by atoms with Crippen molar-refractivity contribution >= 4 is 17.1 Å². The van der Waals surface area contributed by atoms with Gasteiger partial charge in [-0.15, -0.1) is 11.3 Å². The number of carbonyl (C=O) groups is 1. The number of rotatable bonds is 3. The Morgan fingerprint density at radius 3 is 2.75 bits per heavy atom. The third-order valence-electron chi connectivity index (χ3n) is 2.82. The second kappa shape index (κ2) is 5.08. The Labute approximate surface area is 100 Å². The van der Waals surface area contributed by atoms with Gasteiger partial charge in [0, 0.05) is 0 Å². The van der Waals surface area contributed by atoms with E-state index in [4.69, 9.17) is 4.74 Å². The summed E-state index contributed by atoms with van der Waals surface area (Å²) < 4.78 is 5.66. The maximum atomic E-state index is 11.9. The topological polar surface area (TPSA) is 30.7 Å². The van der Waals surface area contributed by atoms with E-state index in [0.29, 0.717) is 6.54 Å². The summed E-state index contributed by atoms with van der Waals surface area (Å²) in [6, 6.07) is 3.83. The summed E-state index contributed by atoms with van der Waals surface area (Å²) >= 11 is 1.53. The summed E-state index contributed by atoms with van der Waals surface area (Å²) in [4.78, 5) is 14.1. The van der Waals surface area contributed by atoms with Gasteiger partial charge in [0.1, 0.15) is 31.8 Å². The van der Waals surface area contributed by atoms with E-state index in [1.54, 1.807) is 0 Å². The fourth-order valence-corrected chi connectivity index (χ4v) is 2.95. The lowest BCUT2D eigenvalue weighted by atomic mass is 10.2. The first-order chi connectivity index (χ1) is 7.65. The molecule has 1 saturated heterocycles. The minimum atomic E-state index is 0.256. The number of morpholine rings is 1. The van der Waals surface area contributed by atoms with Gasteiger partial charge in [-0.3, -0.25) is 4.79 Å². The van der Waals surface area contributed by atoms with Crippen molar-refractivity contribution in [2.24, 2.45) is 0 Å². The van der Waals surface area contributed by atoms with Crippen LogP contribution in [-0.2, 0) is 4.74 Å². The Morgan fingerprint density at radius 1 is 1.50 bits per heavy atom. The highest BCUT2D eigenvalue weighted by Crippen LogP contribution is 2.08. The number of thiophene rings is 1. The molecule has 4 heteroatoms. The van der Waals surface area contributed by atoms with Crippen molar-refractivity contribution < 1.29 is 14.4 Å². The van der Waals surface area contributed by atoms with Gasteiger partial charge in [-0.05, 0) is 25.3 Å². The molecule has 0 aliphatic carbocycles. The highest BCUT2D eigenvalue weighted by Gasteiger charge is 2.27. The second-order valence-corrected chi connectivity index (χ2v) is 5.44. The molecule has 0 spiro atoms. The van der Waals surface area contributed by atoms with E-state index < -0.39 is 0 Å². The molecule has 1 aliphatic rings.